The zero-order valence-corrected chi connectivity index (χ0v) is 3.97. The van der Waals surface area contributed by atoms with Gasteiger partial charge in [0.1, 0.15) is 0 Å². The molecule has 0 unspecified atom stereocenters. The molecule has 4 nitrogen and oxygen atoms in total. The molecule has 0 aliphatic carbocycles. The molecule has 0 spiro atoms. The molecule has 0 aliphatic rings. The van der Waals surface area contributed by atoms with Crippen LogP contribution in [0.5, 0.6) is 11.5 Å². The summed E-state index contributed by atoms with van der Waals surface area (Å²) < 4.78 is 0. The number of hydrogen-bond donors (Lipinski definition) is 2. The van der Waals surface area contributed by atoms with Gasteiger partial charge < -0.3 is 21.7 Å². The first-order chi connectivity index (χ1) is 3.64. The Balaban J connectivity index is 3.05. The molecule has 1 aromatic carbocycles. The van der Waals surface area contributed by atoms with E-state index in [0.717, 1.165) is 0 Å². The van der Waals surface area contributed by atoms with Crippen LogP contribution in [0.3, 0.4) is 0 Å². The van der Waals surface area contributed by atoms with E-state index in [9.17, 15) is 10.2 Å². The van der Waals surface area contributed by atoms with Crippen LogP contribution in [0.25, 0.3) is 0 Å². The Bertz CT molecular complexity index is 142. The summed E-state index contributed by atoms with van der Waals surface area (Å²) in [5.74, 6) is -1.04. The fraction of sp³-hybridized carbons (Fsp3) is 0. The zero-order chi connectivity index (χ0) is 6.31. The first kappa shape index (κ1) is 4.83. The largest absolute Gasteiger partial charge is 0.790 e. The maximum Gasteiger partial charge on any atom is 0.246 e. The van der Waals surface area contributed by atoms with Crippen LogP contribution in [0.2, 0.25) is 0 Å². The molecule has 1 aromatic rings. The van der Waals surface area contributed by atoms with Gasteiger partial charge in [0.25, 0.3) is 0 Å². The number of nitrogens with two attached hydrogens (primary N) is 2. The van der Waals surface area contributed by atoms with Crippen molar-refractivity contribution in [3.8, 4) is 11.5 Å². The van der Waals surface area contributed by atoms with Crippen LogP contribution < -0.4 is 21.7 Å². The van der Waals surface area contributed by atoms with Crippen molar-refractivity contribution >= 4 is 11.4 Å². The van der Waals surface area contributed by atoms with Gasteiger partial charge in [-0.3, -0.25) is 0 Å². The summed E-state index contributed by atoms with van der Waals surface area (Å²) in [6, 6.07) is 0. The lowest BCUT2D eigenvalue weighted by Crippen LogP contribution is -2.12. The van der Waals surface area contributed by atoms with Gasteiger partial charge in [0.15, 0.2) is 11.5 Å². The Hall–Kier alpha value is -1.32. The van der Waals surface area contributed by atoms with Crippen LogP contribution in [-0.2, 0) is 0 Å². The molecule has 0 heterocycles. The Morgan fingerprint density at radius 2 is 2.00 bits per heavy atom. The average Bonchev–Trinajstić information content (AvgIpc) is 1.83. The maximum absolute atomic E-state index is 10.2. The smallest absolute Gasteiger partial charge is 0.246 e. The van der Waals surface area contributed by atoms with E-state index in [1.54, 1.807) is 0 Å². The van der Waals surface area contributed by atoms with Crippen LogP contribution in [0, 0.1) is 0 Å². The van der Waals surface area contributed by atoms with E-state index in [2.05, 4.69) is 0 Å². The van der Waals surface area contributed by atoms with Crippen molar-refractivity contribution < 1.29 is 10.2 Å². The third kappa shape index (κ3) is 0.294. The highest BCUT2D eigenvalue weighted by Crippen LogP contribution is 2.42. The van der Waals surface area contributed by atoms with E-state index >= 15 is 0 Å². The van der Waals surface area contributed by atoms with Gasteiger partial charge in [-0.25, -0.2) is 0 Å². The maximum atomic E-state index is 10.2. The van der Waals surface area contributed by atoms with E-state index in [1.807, 2.05) is 0 Å². The third-order valence-corrected chi connectivity index (χ3v) is 0.979. The average molecular weight is 112 g/mol. The fourth-order valence-corrected chi connectivity index (χ4v) is 0.434. The minimum absolute atomic E-state index is 0.248. The number of anilines is 2. The molecule has 0 radical (unpaired) electrons. The second kappa shape index (κ2) is 1.09. The molecule has 0 aromatic heterocycles. The molecule has 42 valence electrons. The van der Waals surface area contributed by atoms with Crippen LogP contribution >= 0.6 is 0 Å². The van der Waals surface area contributed by atoms with Crippen molar-refractivity contribution in [1.29, 1.82) is 0 Å². The third-order valence-electron chi connectivity index (χ3n) is 0.979. The van der Waals surface area contributed by atoms with E-state index in [-0.39, 0.29) is 11.4 Å². The monoisotopic (exact) mass is 112 g/mol. The highest BCUT2D eigenvalue weighted by Gasteiger charge is 2.22. The lowest BCUT2D eigenvalue weighted by atomic mass is 10.2. The molecule has 4 N–H and O–H groups in total. The summed E-state index contributed by atoms with van der Waals surface area (Å²) in [6.07, 6.45) is 0. The minimum atomic E-state index is -0.519. The van der Waals surface area contributed by atoms with E-state index in [1.165, 1.54) is 0 Å². The van der Waals surface area contributed by atoms with Gasteiger partial charge in [-0.2, -0.15) is 0 Å². The summed E-state index contributed by atoms with van der Waals surface area (Å²) in [7, 11) is 0. The zero-order valence-electron chi connectivity index (χ0n) is 3.97. The normalized spacial score (nSPS) is 10.0. The quantitative estimate of drug-likeness (QED) is 0.396. The molecule has 8 heavy (non-hydrogen) atoms. The van der Waals surface area contributed by atoms with Crippen LogP contribution in [0.4, 0.5) is 11.4 Å². The Morgan fingerprint density at radius 1 is 1.50 bits per heavy atom. The molecular weight excluding hydrogens is 108 g/mol. The minimum Gasteiger partial charge on any atom is -0.790 e. The van der Waals surface area contributed by atoms with Gasteiger partial charge in [0, 0.05) is 0 Å². The summed E-state index contributed by atoms with van der Waals surface area (Å²) in [5.41, 5.74) is 9.25. The highest BCUT2D eigenvalue weighted by molar-refractivity contribution is 5.86. The van der Waals surface area contributed by atoms with Crippen molar-refractivity contribution in [2.24, 2.45) is 0 Å². The van der Waals surface area contributed by atoms with E-state index < -0.39 is 11.5 Å². The predicted molar refractivity (Wildman–Crippen MR) is 25.3 cm³/mol. The molecule has 0 atom stereocenters. The van der Waals surface area contributed by atoms with Gasteiger partial charge in [-0.1, -0.05) is 0 Å². The SMILES string of the molecule is Nc1c([O-])[c+](N)[c+]1[O-]. The summed E-state index contributed by atoms with van der Waals surface area (Å²) >= 11 is 0. The van der Waals surface area contributed by atoms with E-state index in [0.29, 0.717) is 0 Å². The second-order valence-electron chi connectivity index (χ2n) is 1.49. The van der Waals surface area contributed by atoms with Crippen molar-refractivity contribution in [3.05, 3.63) is 0 Å². The first-order valence-electron chi connectivity index (χ1n) is 1.99. The van der Waals surface area contributed by atoms with Gasteiger partial charge in [0.2, 0.25) is 11.4 Å². The Morgan fingerprint density at radius 3 is 2.12 bits per heavy atom. The molecule has 4 heteroatoms. The lowest BCUT2D eigenvalue weighted by molar-refractivity contribution is -0.287. The predicted octanol–water partition coefficient (Wildman–Crippen LogP) is -1.56. The standard InChI is InChI=1S/C4H4N2O2/c5-1-3(7)2(6)4(1)8/h5-6H2. The van der Waals surface area contributed by atoms with Crippen LogP contribution in [0.15, 0.2) is 0 Å². The molecule has 0 saturated heterocycles. The van der Waals surface area contributed by atoms with Gasteiger partial charge in [0.05, 0.1) is 0 Å². The van der Waals surface area contributed by atoms with Gasteiger partial charge in [-0.05, 0) is 0 Å². The van der Waals surface area contributed by atoms with Crippen molar-refractivity contribution in [1.82, 2.24) is 0 Å². The molecule has 0 aliphatic heterocycles. The van der Waals surface area contributed by atoms with Crippen molar-refractivity contribution in [3.63, 3.8) is 0 Å². The Kier molecular flexibility index (Phi) is 0.658. The van der Waals surface area contributed by atoms with E-state index in [4.69, 9.17) is 11.5 Å². The number of rotatable bonds is 0. The van der Waals surface area contributed by atoms with Gasteiger partial charge in [-0.15, -0.1) is 0 Å². The Labute approximate surface area is 45.7 Å². The summed E-state index contributed by atoms with van der Waals surface area (Å²) in [6.45, 7) is 0. The summed E-state index contributed by atoms with van der Waals surface area (Å²) in [4.78, 5) is 0. The summed E-state index contributed by atoms with van der Waals surface area (Å²) in [5, 5.41) is 20.5. The highest BCUT2D eigenvalue weighted by atomic mass is 16.3. The van der Waals surface area contributed by atoms with Crippen LogP contribution in [-0.4, -0.2) is 0 Å². The molecule has 0 saturated carbocycles. The molecular formula is C4H4N2O2. The molecule has 0 amide bonds. The lowest BCUT2D eigenvalue weighted by Gasteiger charge is -2.09. The first-order valence-corrected chi connectivity index (χ1v) is 1.99. The number of nitrogen functional groups attached to an aromatic ring is 2. The topological polar surface area (TPSA) is 98.2 Å². The second-order valence-corrected chi connectivity index (χ2v) is 1.49. The molecule has 0 fully saturated rings. The van der Waals surface area contributed by atoms with Gasteiger partial charge >= 0.3 is 0 Å². The molecule has 1 rings (SSSR count). The molecule has 0 bridgehead atoms. The fourth-order valence-electron chi connectivity index (χ4n) is 0.434. The number of hydrogen-bond acceptors (Lipinski definition) is 4. The van der Waals surface area contributed by atoms with Crippen molar-refractivity contribution in [2.75, 3.05) is 11.5 Å². The van der Waals surface area contributed by atoms with Crippen LogP contribution in [0.1, 0.15) is 0 Å². The van der Waals surface area contributed by atoms with Crippen molar-refractivity contribution in [2.45, 2.75) is 0 Å².